The lowest BCUT2D eigenvalue weighted by atomic mass is 9.12. The van der Waals surface area contributed by atoms with Crippen LogP contribution in [0.3, 0.4) is 0 Å². The van der Waals surface area contributed by atoms with E-state index in [1.54, 1.807) is 0 Å². The van der Waals surface area contributed by atoms with E-state index in [9.17, 15) is 57.5 Å². The standard InChI is InChI=1S/C24BF20.C14H14NO/c26-5-1(6(27)14(35)21(42)13(5)34)25(2-7(28)15(36)22(43)16(37)8(2)29,3-9(30)17(38)23(44)18(39)10(3)31)4-11(32)19(40)24(45)20(41)12(4)33;1-12-7-9-15(10-8-12)11-14(16)13-5-3-2-4-6-13/h;2-10H,11H2,1H3/q-1;+1. The fourth-order valence-corrected chi connectivity index (χ4v) is 6.39. The Hall–Kier alpha value is -6.42. The highest BCUT2D eigenvalue weighted by molar-refractivity contribution is 7.20. The Bertz CT molecular complexity index is 2360. The van der Waals surface area contributed by atoms with Gasteiger partial charge in [0.2, 0.25) is 12.3 Å². The molecule has 0 saturated heterocycles. The third kappa shape index (κ3) is 7.32. The van der Waals surface area contributed by atoms with Gasteiger partial charge in [0.1, 0.15) is 52.7 Å². The van der Waals surface area contributed by atoms with E-state index in [4.69, 9.17) is 0 Å². The van der Waals surface area contributed by atoms with E-state index in [-0.39, 0.29) is 5.78 Å². The molecule has 0 N–H and O–H groups in total. The van der Waals surface area contributed by atoms with Crippen LogP contribution in [0.15, 0.2) is 54.9 Å². The number of Topliss-reactive ketones (excluding diaryl/α,β-unsaturated/α-hetero) is 1. The molecule has 0 amide bonds. The Morgan fingerprint density at radius 1 is 0.377 bits per heavy atom. The fourth-order valence-electron chi connectivity index (χ4n) is 6.39. The van der Waals surface area contributed by atoms with E-state index >= 15 is 35.1 Å². The molecule has 0 radical (unpaired) electrons. The summed E-state index contributed by atoms with van der Waals surface area (Å²) in [7, 11) is 0. The molecule has 0 aliphatic heterocycles. The summed E-state index contributed by atoms with van der Waals surface area (Å²) in [5.74, 6) is -71.3. The first-order chi connectivity index (χ1) is 28.5. The Balaban J connectivity index is 0.000000366. The zero-order chi connectivity index (χ0) is 45.7. The number of halogens is 20. The molecule has 0 spiro atoms. The zero-order valence-corrected chi connectivity index (χ0v) is 29.4. The fraction of sp³-hybridized carbons (Fsp3) is 0.0526. The topological polar surface area (TPSA) is 20.9 Å². The number of nitrogens with zero attached hydrogens (tertiary/aromatic N) is 1. The van der Waals surface area contributed by atoms with Gasteiger partial charge < -0.3 is 0 Å². The second-order valence-electron chi connectivity index (χ2n) is 12.6. The first-order valence-electron chi connectivity index (χ1n) is 16.2. The highest BCUT2D eigenvalue weighted by Crippen LogP contribution is 2.30. The van der Waals surface area contributed by atoms with Gasteiger partial charge in [0.25, 0.3) is 0 Å². The normalized spacial score (nSPS) is 11.5. The van der Waals surface area contributed by atoms with Gasteiger partial charge in [0.05, 0.1) is 0 Å². The monoisotopic (exact) mass is 891 g/mol. The van der Waals surface area contributed by atoms with E-state index in [2.05, 4.69) is 0 Å². The van der Waals surface area contributed by atoms with Crippen LogP contribution in [0.5, 0.6) is 0 Å². The second kappa shape index (κ2) is 16.9. The molecule has 5 aromatic carbocycles. The van der Waals surface area contributed by atoms with E-state index in [0.29, 0.717) is 6.54 Å². The maximum Gasteiger partial charge on any atom is 0.227 e. The molecule has 0 aliphatic carbocycles. The summed E-state index contributed by atoms with van der Waals surface area (Å²) in [5.41, 5.74) is -12.4. The maximum atomic E-state index is 15.4. The average molecular weight is 891 g/mol. The summed E-state index contributed by atoms with van der Waals surface area (Å²) in [6.07, 6.45) is -3.36. The molecule has 0 unspecified atom stereocenters. The van der Waals surface area contributed by atoms with Crippen molar-refractivity contribution < 1.29 is 97.2 Å². The number of aryl methyl sites for hydroxylation is 1. The second-order valence-corrected chi connectivity index (χ2v) is 12.6. The minimum atomic E-state index is -7.22. The van der Waals surface area contributed by atoms with Crippen LogP contribution in [0.4, 0.5) is 87.8 Å². The number of carbonyl (C=O) groups is 1. The molecule has 23 heteroatoms. The van der Waals surface area contributed by atoms with E-state index in [0.717, 1.165) is 5.56 Å². The molecule has 0 atom stereocenters. The lowest BCUT2D eigenvalue weighted by Gasteiger charge is -2.44. The summed E-state index contributed by atoms with van der Waals surface area (Å²) < 4.78 is 296. The predicted octanol–water partition coefficient (Wildman–Crippen LogP) is 8.01. The van der Waals surface area contributed by atoms with Crippen LogP contribution < -0.4 is 26.4 Å². The van der Waals surface area contributed by atoms with Crippen molar-refractivity contribution in [2.45, 2.75) is 13.5 Å². The summed E-state index contributed by atoms with van der Waals surface area (Å²) in [6.45, 7) is 2.42. The van der Waals surface area contributed by atoms with Crippen molar-refractivity contribution in [1.29, 1.82) is 0 Å². The lowest BCUT2D eigenvalue weighted by molar-refractivity contribution is -0.683. The molecule has 61 heavy (non-hydrogen) atoms. The van der Waals surface area contributed by atoms with Crippen LogP contribution >= 0.6 is 0 Å². The predicted molar refractivity (Wildman–Crippen MR) is 171 cm³/mol. The summed E-state index contributed by atoms with van der Waals surface area (Å²) >= 11 is 0. The minimum absolute atomic E-state index is 0.134. The lowest BCUT2D eigenvalue weighted by Crippen LogP contribution is -2.81. The van der Waals surface area contributed by atoms with Crippen LogP contribution in [-0.2, 0) is 6.54 Å². The molecular weight excluding hydrogens is 877 g/mol. The largest absolute Gasteiger partial charge is 0.287 e. The van der Waals surface area contributed by atoms with Gasteiger partial charge in [0.15, 0.2) is 82.2 Å². The molecule has 0 fully saturated rings. The van der Waals surface area contributed by atoms with Gasteiger partial charge >= 0.3 is 0 Å². The quantitative estimate of drug-likeness (QED) is 0.0398. The molecule has 2 nitrogen and oxygen atoms in total. The van der Waals surface area contributed by atoms with Crippen molar-refractivity contribution in [2.75, 3.05) is 0 Å². The number of ketones is 1. The van der Waals surface area contributed by atoms with Crippen LogP contribution in [0.25, 0.3) is 0 Å². The van der Waals surface area contributed by atoms with Gasteiger partial charge in [-0.15, -0.1) is 21.9 Å². The third-order valence-corrected chi connectivity index (χ3v) is 9.19. The van der Waals surface area contributed by atoms with Gasteiger partial charge in [-0.05, 0) is 12.5 Å². The first kappa shape index (κ1) is 45.7. The maximum absolute atomic E-state index is 15.4. The Kier molecular flexibility index (Phi) is 12.7. The van der Waals surface area contributed by atoms with Crippen LogP contribution in [0.1, 0.15) is 15.9 Å². The summed E-state index contributed by atoms with van der Waals surface area (Å²) in [5, 5.41) is 0. The number of benzene rings is 5. The molecule has 0 aliphatic rings. The number of rotatable bonds is 7. The highest BCUT2D eigenvalue weighted by atomic mass is 19.2. The van der Waals surface area contributed by atoms with Crippen molar-refractivity contribution >= 4 is 33.8 Å². The average Bonchev–Trinajstić information content (AvgIpc) is 3.24. The van der Waals surface area contributed by atoms with Crippen LogP contribution in [-0.4, -0.2) is 11.9 Å². The minimum Gasteiger partial charge on any atom is -0.287 e. The van der Waals surface area contributed by atoms with Crippen LogP contribution in [0, 0.1) is 123 Å². The van der Waals surface area contributed by atoms with Gasteiger partial charge in [-0.25, -0.2) is 87.8 Å². The molecule has 1 aromatic heterocycles. The number of hydrogen-bond acceptors (Lipinski definition) is 1. The van der Waals surface area contributed by atoms with Crippen molar-refractivity contribution in [1.82, 2.24) is 0 Å². The van der Waals surface area contributed by atoms with Crippen molar-refractivity contribution in [3.05, 3.63) is 182 Å². The Morgan fingerprint density at radius 3 is 0.852 bits per heavy atom. The van der Waals surface area contributed by atoms with Crippen LogP contribution in [0.2, 0.25) is 0 Å². The van der Waals surface area contributed by atoms with Gasteiger partial charge in [-0.1, -0.05) is 30.3 Å². The first-order valence-corrected chi connectivity index (χ1v) is 16.2. The number of carbonyl (C=O) groups excluding carboxylic acids is 1. The molecule has 6 rings (SSSR count). The zero-order valence-electron chi connectivity index (χ0n) is 29.4. The molecule has 1 heterocycles. The van der Waals surface area contributed by atoms with Crippen molar-refractivity contribution in [2.24, 2.45) is 0 Å². The van der Waals surface area contributed by atoms with Gasteiger partial charge in [-0.3, -0.25) is 4.79 Å². The molecule has 6 aromatic rings. The Morgan fingerprint density at radius 2 is 0.607 bits per heavy atom. The third-order valence-electron chi connectivity index (χ3n) is 9.19. The van der Waals surface area contributed by atoms with E-state index in [1.807, 2.05) is 66.3 Å². The van der Waals surface area contributed by atoms with Gasteiger partial charge in [-0.2, -0.15) is 4.57 Å². The van der Waals surface area contributed by atoms with Crippen molar-refractivity contribution in [3.8, 4) is 0 Å². The SMILES string of the molecule is Cc1cc[n+](CC(=O)c2ccccc2)cc1.Fc1c(F)c(F)c([B-](c2c(F)c(F)c(F)c(F)c2F)(c2c(F)c(F)c(F)c(F)c2F)c2c(F)c(F)c(F)c(F)c2F)c(F)c1F. The van der Waals surface area contributed by atoms with E-state index in [1.165, 1.54) is 5.56 Å². The summed E-state index contributed by atoms with van der Waals surface area (Å²) in [6, 6.07) is 13.4. The van der Waals surface area contributed by atoms with Crippen molar-refractivity contribution in [3.63, 3.8) is 0 Å². The number of aromatic nitrogens is 1. The molecular formula is C38H14BF20NO. The summed E-state index contributed by atoms with van der Waals surface area (Å²) in [4.78, 5) is 11.9. The number of pyridine rings is 1. The Labute approximate surface area is 326 Å². The van der Waals surface area contributed by atoms with Gasteiger partial charge in [0, 0.05) is 17.7 Å². The smallest absolute Gasteiger partial charge is 0.227 e. The molecule has 0 bridgehead atoms. The number of hydrogen-bond donors (Lipinski definition) is 0. The molecule has 0 saturated carbocycles. The molecule has 320 valence electrons. The highest BCUT2D eigenvalue weighted by Gasteiger charge is 2.52. The van der Waals surface area contributed by atoms with E-state index < -0.39 is 144 Å².